The summed E-state index contributed by atoms with van der Waals surface area (Å²) in [6.45, 7) is 4.47. The van der Waals surface area contributed by atoms with Gasteiger partial charge in [0.15, 0.2) is 0 Å². The van der Waals surface area contributed by atoms with E-state index in [4.69, 9.17) is 4.74 Å². The SMILES string of the molecule is CCC1OCCC1CNC1CC2CC1C1CCCC21. The van der Waals surface area contributed by atoms with Gasteiger partial charge in [-0.1, -0.05) is 13.3 Å². The van der Waals surface area contributed by atoms with Gasteiger partial charge in [-0.05, 0) is 68.1 Å². The average Bonchev–Trinajstić information content (AvgIpc) is 3.16. The van der Waals surface area contributed by atoms with Crippen molar-refractivity contribution in [3.05, 3.63) is 0 Å². The van der Waals surface area contributed by atoms with Crippen LogP contribution in [-0.4, -0.2) is 25.3 Å². The van der Waals surface area contributed by atoms with Gasteiger partial charge in [-0.15, -0.1) is 0 Å². The van der Waals surface area contributed by atoms with Gasteiger partial charge in [-0.2, -0.15) is 0 Å². The van der Waals surface area contributed by atoms with E-state index in [1.165, 1.54) is 38.6 Å². The molecule has 2 nitrogen and oxygen atoms in total. The molecular weight excluding hydrogens is 234 g/mol. The highest BCUT2D eigenvalue weighted by Gasteiger charge is 2.53. The van der Waals surface area contributed by atoms with E-state index < -0.39 is 0 Å². The smallest absolute Gasteiger partial charge is 0.0613 e. The lowest BCUT2D eigenvalue weighted by molar-refractivity contribution is 0.0850. The quantitative estimate of drug-likeness (QED) is 0.841. The fourth-order valence-corrected chi connectivity index (χ4v) is 5.98. The molecule has 0 aromatic carbocycles. The van der Waals surface area contributed by atoms with Crippen LogP contribution in [0.2, 0.25) is 0 Å². The van der Waals surface area contributed by atoms with Crippen LogP contribution in [-0.2, 0) is 4.74 Å². The molecule has 2 bridgehead atoms. The molecule has 2 heteroatoms. The zero-order valence-corrected chi connectivity index (χ0v) is 12.3. The zero-order valence-electron chi connectivity index (χ0n) is 12.3. The first-order valence-electron chi connectivity index (χ1n) is 8.71. The molecule has 0 aromatic heterocycles. The Morgan fingerprint density at radius 1 is 1.05 bits per heavy atom. The summed E-state index contributed by atoms with van der Waals surface area (Å²) in [4.78, 5) is 0. The van der Waals surface area contributed by atoms with Gasteiger partial charge in [0.1, 0.15) is 0 Å². The Balaban J connectivity index is 1.33. The lowest BCUT2D eigenvalue weighted by atomic mass is 9.79. The van der Waals surface area contributed by atoms with Gasteiger partial charge < -0.3 is 10.1 Å². The predicted octanol–water partition coefficient (Wildman–Crippen LogP) is 3.22. The molecule has 0 radical (unpaired) electrons. The van der Waals surface area contributed by atoms with Crippen LogP contribution in [0.15, 0.2) is 0 Å². The molecular formula is C17H29NO. The van der Waals surface area contributed by atoms with Crippen LogP contribution in [0, 0.1) is 29.6 Å². The summed E-state index contributed by atoms with van der Waals surface area (Å²) in [6, 6.07) is 0.849. The number of rotatable bonds is 4. The lowest BCUT2D eigenvalue weighted by Gasteiger charge is -2.33. The molecule has 108 valence electrons. The summed E-state index contributed by atoms with van der Waals surface area (Å²) in [7, 11) is 0. The molecule has 19 heavy (non-hydrogen) atoms. The van der Waals surface area contributed by atoms with Crippen LogP contribution in [0.5, 0.6) is 0 Å². The standard InChI is InChI=1S/C17H29NO/c1-2-17-11(6-7-19-17)10-18-16-9-12-8-15(16)14-5-3-4-13(12)14/h11-18H,2-10H2,1H3. The second-order valence-electron chi connectivity index (χ2n) is 7.53. The lowest BCUT2D eigenvalue weighted by Crippen LogP contribution is -2.42. The average molecular weight is 263 g/mol. The zero-order chi connectivity index (χ0) is 12.8. The second-order valence-corrected chi connectivity index (χ2v) is 7.53. The van der Waals surface area contributed by atoms with E-state index in [9.17, 15) is 0 Å². The molecule has 0 aromatic rings. The third-order valence-electron chi connectivity index (χ3n) is 6.82. The third kappa shape index (κ3) is 2.06. The van der Waals surface area contributed by atoms with Crippen LogP contribution in [0.1, 0.15) is 51.9 Å². The van der Waals surface area contributed by atoms with Gasteiger partial charge in [0.25, 0.3) is 0 Å². The van der Waals surface area contributed by atoms with Crippen molar-refractivity contribution in [1.29, 1.82) is 0 Å². The maximum absolute atomic E-state index is 5.82. The summed E-state index contributed by atoms with van der Waals surface area (Å²) in [5, 5.41) is 3.95. The van der Waals surface area contributed by atoms with Crippen LogP contribution in [0.25, 0.3) is 0 Å². The van der Waals surface area contributed by atoms with Crippen LogP contribution in [0.4, 0.5) is 0 Å². The topological polar surface area (TPSA) is 21.3 Å². The van der Waals surface area contributed by atoms with Gasteiger partial charge in [0.2, 0.25) is 0 Å². The first-order valence-corrected chi connectivity index (χ1v) is 8.71. The monoisotopic (exact) mass is 263 g/mol. The van der Waals surface area contributed by atoms with Crippen LogP contribution < -0.4 is 5.32 Å². The Morgan fingerprint density at radius 3 is 2.84 bits per heavy atom. The normalized spacial score (nSPS) is 51.9. The second kappa shape index (κ2) is 5.04. The molecule has 7 atom stereocenters. The van der Waals surface area contributed by atoms with Crippen molar-refractivity contribution in [2.24, 2.45) is 29.6 Å². The van der Waals surface area contributed by atoms with Gasteiger partial charge in [-0.25, -0.2) is 0 Å². The van der Waals surface area contributed by atoms with E-state index in [1.807, 2.05) is 0 Å². The molecule has 1 N–H and O–H groups in total. The minimum absolute atomic E-state index is 0.533. The first-order chi connectivity index (χ1) is 9.36. The van der Waals surface area contributed by atoms with Crippen molar-refractivity contribution in [1.82, 2.24) is 5.32 Å². The number of ether oxygens (including phenoxy) is 1. The summed E-state index contributed by atoms with van der Waals surface area (Å²) >= 11 is 0. The molecule has 1 saturated heterocycles. The van der Waals surface area contributed by atoms with Crippen molar-refractivity contribution >= 4 is 0 Å². The number of hydrogen-bond donors (Lipinski definition) is 1. The fourth-order valence-electron chi connectivity index (χ4n) is 5.98. The van der Waals surface area contributed by atoms with Gasteiger partial charge in [-0.3, -0.25) is 0 Å². The number of fused-ring (bicyclic) bond motifs is 5. The fraction of sp³-hybridized carbons (Fsp3) is 1.00. The summed E-state index contributed by atoms with van der Waals surface area (Å²) in [6.07, 6.45) is 10.6. The molecule has 4 fully saturated rings. The summed E-state index contributed by atoms with van der Waals surface area (Å²) in [5.74, 6) is 5.11. The molecule has 4 rings (SSSR count). The van der Waals surface area contributed by atoms with Crippen molar-refractivity contribution in [3.63, 3.8) is 0 Å². The predicted molar refractivity (Wildman–Crippen MR) is 77.0 cm³/mol. The largest absolute Gasteiger partial charge is 0.378 e. The molecule has 4 aliphatic rings. The maximum atomic E-state index is 5.82. The van der Waals surface area contributed by atoms with Gasteiger partial charge in [0.05, 0.1) is 6.10 Å². The minimum atomic E-state index is 0.533. The minimum Gasteiger partial charge on any atom is -0.378 e. The Bertz CT molecular complexity index is 331. The third-order valence-corrected chi connectivity index (χ3v) is 6.82. The van der Waals surface area contributed by atoms with Crippen molar-refractivity contribution < 1.29 is 4.74 Å². The van der Waals surface area contributed by atoms with Crippen LogP contribution in [0.3, 0.4) is 0 Å². The Morgan fingerprint density at radius 2 is 1.95 bits per heavy atom. The molecule has 0 spiro atoms. The molecule has 3 aliphatic carbocycles. The van der Waals surface area contributed by atoms with Gasteiger partial charge >= 0.3 is 0 Å². The summed E-state index contributed by atoms with van der Waals surface area (Å²) < 4.78 is 5.82. The summed E-state index contributed by atoms with van der Waals surface area (Å²) in [5.41, 5.74) is 0. The van der Waals surface area contributed by atoms with E-state index in [2.05, 4.69) is 12.2 Å². The highest BCUT2D eigenvalue weighted by atomic mass is 16.5. The van der Waals surface area contributed by atoms with E-state index in [1.54, 1.807) is 12.8 Å². The molecule has 0 amide bonds. The molecule has 1 heterocycles. The Kier molecular flexibility index (Phi) is 3.35. The van der Waals surface area contributed by atoms with Crippen molar-refractivity contribution in [2.45, 2.75) is 64.0 Å². The van der Waals surface area contributed by atoms with Crippen molar-refractivity contribution in [2.75, 3.05) is 13.2 Å². The van der Waals surface area contributed by atoms with Crippen molar-refractivity contribution in [3.8, 4) is 0 Å². The number of nitrogens with one attached hydrogen (secondary N) is 1. The Labute approximate surface area is 117 Å². The Hall–Kier alpha value is -0.0800. The molecule has 3 saturated carbocycles. The highest BCUT2D eigenvalue weighted by Crippen LogP contribution is 2.58. The maximum Gasteiger partial charge on any atom is 0.0613 e. The van der Waals surface area contributed by atoms with E-state index in [0.717, 1.165) is 42.2 Å². The van der Waals surface area contributed by atoms with E-state index in [-0.39, 0.29) is 0 Å². The van der Waals surface area contributed by atoms with Gasteiger partial charge in [0, 0.05) is 19.2 Å². The number of hydrogen-bond acceptors (Lipinski definition) is 2. The molecule has 1 aliphatic heterocycles. The van der Waals surface area contributed by atoms with Crippen LogP contribution >= 0.6 is 0 Å². The van der Waals surface area contributed by atoms with E-state index >= 15 is 0 Å². The first kappa shape index (κ1) is 12.6. The van der Waals surface area contributed by atoms with E-state index in [0.29, 0.717) is 6.10 Å². The molecule has 7 unspecified atom stereocenters. The highest BCUT2D eigenvalue weighted by molar-refractivity contribution is 5.05.